The van der Waals surface area contributed by atoms with Gasteiger partial charge in [0, 0.05) is 17.3 Å². The Bertz CT molecular complexity index is 1280. The Morgan fingerprint density at radius 3 is 2.44 bits per heavy atom. The average molecular weight is 443 g/mol. The second-order valence-corrected chi connectivity index (χ2v) is 6.26. The minimum atomic E-state index is -4.83. The number of para-hydroxylation sites is 1. The van der Waals surface area contributed by atoms with Gasteiger partial charge < -0.3 is 14.8 Å². The highest BCUT2D eigenvalue weighted by Gasteiger charge is 2.31. The van der Waals surface area contributed by atoms with E-state index in [-0.39, 0.29) is 23.1 Å². The number of aromatic nitrogens is 3. The molecule has 4 aromatic rings. The topological polar surface area (TPSA) is 112 Å². The molecule has 0 unspecified atom stereocenters. The maximum absolute atomic E-state index is 12.3. The molecule has 0 aliphatic carbocycles. The number of pyridine rings is 1. The van der Waals surface area contributed by atoms with Crippen LogP contribution in [0.5, 0.6) is 17.4 Å². The Hall–Kier alpha value is -4.48. The summed E-state index contributed by atoms with van der Waals surface area (Å²) < 4.78 is 46.4. The van der Waals surface area contributed by atoms with E-state index >= 15 is 0 Å². The number of hydrogen-bond acceptors (Lipinski definition) is 8. The van der Waals surface area contributed by atoms with Crippen LogP contribution in [0.1, 0.15) is 0 Å². The molecule has 0 spiro atoms. The first-order valence-electron chi connectivity index (χ1n) is 8.94. The molecule has 9 nitrogen and oxygen atoms in total. The fraction of sp³-hybridized carbons (Fsp3) is 0.0500. The minimum Gasteiger partial charge on any atom is -0.431 e. The van der Waals surface area contributed by atoms with Crippen LogP contribution < -0.4 is 14.8 Å². The van der Waals surface area contributed by atoms with Gasteiger partial charge in [0.15, 0.2) is 5.75 Å². The van der Waals surface area contributed by atoms with Crippen LogP contribution in [-0.4, -0.2) is 26.2 Å². The maximum Gasteiger partial charge on any atom is 0.573 e. The van der Waals surface area contributed by atoms with E-state index < -0.39 is 22.7 Å². The monoisotopic (exact) mass is 443 g/mol. The van der Waals surface area contributed by atoms with Crippen molar-refractivity contribution >= 4 is 28.1 Å². The van der Waals surface area contributed by atoms with E-state index in [1.54, 1.807) is 24.4 Å². The zero-order chi connectivity index (χ0) is 22.7. The second kappa shape index (κ2) is 8.34. The summed E-state index contributed by atoms with van der Waals surface area (Å²) in [7, 11) is 0. The number of rotatable bonds is 6. The number of fused-ring (bicyclic) bond motifs is 1. The van der Waals surface area contributed by atoms with Crippen LogP contribution in [0.15, 0.2) is 67.1 Å². The third-order valence-electron chi connectivity index (χ3n) is 4.12. The number of benzene rings is 2. The molecule has 0 aliphatic heterocycles. The van der Waals surface area contributed by atoms with Gasteiger partial charge in [-0.15, -0.1) is 13.2 Å². The number of nitrogens with one attached hydrogen (secondary N) is 1. The van der Waals surface area contributed by atoms with Crippen LogP contribution >= 0.6 is 0 Å². The third-order valence-corrected chi connectivity index (χ3v) is 4.12. The van der Waals surface area contributed by atoms with Gasteiger partial charge in [-0.25, -0.2) is 4.98 Å². The SMILES string of the molecule is O=[N+]([O-])c1c(Nc2ccc(OC(F)(F)F)cc2)ncnc1Oc1cccc2cccnc12. The quantitative estimate of drug-likeness (QED) is 0.313. The van der Waals surface area contributed by atoms with Crippen LogP contribution in [0.2, 0.25) is 0 Å². The largest absolute Gasteiger partial charge is 0.573 e. The fourth-order valence-electron chi connectivity index (χ4n) is 2.83. The van der Waals surface area contributed by atoms with Crippen LogP contribution in [0.4, 0.5) is 30.4 Å². The van der Waals surface area contributed by atoms with Gasteiger partial charge in [0.05, 0.1) is 4.92 Å². The Labute approximate surface area is 177 Å². The molecule has 0 saturated carbocycles. The van der Waals surface area contributed by atoms with E-state index in [0.29, 0.717) is 5.52 Å². The smallest absolute Gasteiger partial charge is 0.431 e. The standard InChI is InChI=1S/C20H12F3N5O4/c21-20(22,23)32-14-8-6-13(7-9-14)27-18-17(28(29)30)19(26-11-25-18)31-15-5-1-3-12-4-2-10-24-16(12)15/h1-11H,(H,25,26,27). The summed E-state index contributed by atoms with van der Waals surface area (Å²) in [5.41, 5.74) is 0.160. The molecule has 12 heteroatoms. The number of halogens is 3. The van der Waals surface area contributed by atoms with Gasteiger partial charge in [0.25, 0.3) is 0 Å². The minimum absolute atomic E-state index is 0.210. The van der Waals surface area contributed by atoms with Gasteiger partial charge in [-0.1, -0.05) is 18.2 Å². The summed E-state index contributed by atoms with van der Waals surface area (Å²) in [4.78, 5) is 23.0. The highest BCUT2D eigenvalue weighted by Crippen LogP contribution is 2.37. The van der Waals surface area contributed by atoms with Crippen molar-refractivity contribution in [2.75, 3.05) is 5.32 Å². The number of anilines is 2. The molecule has 0 saturated heterocycles. The molecule has 2 heterocycles. The molecule has 1 N–H and O–H groups in total. The maximum atomic E-state index is 12.3. The number of hydrogen-bond donors (Lipinski definition) is 1. The van der Waals surface area contributed by atoms with Gasteiger partial charge in [-0.3, -0.25) is 15.1 Å². The van der Waals surface area contributed by atoms with Crippen LogP contribution in [-0.2, 0) is 0 Å². The van der Waals surface area contributed by atoms with E-state index in [1.165, 1.54) is 12.1 Å². The summed E-state index contributed by atoms with van der Waals surface area (Å²) >= 11 is 0. The Morgan fingerprint density at radius 1 is 0.969 bits per heavy atom. The van der Waals surface area contributed by atoms with E-state index in [9.17, 15) is 23.3 Å². The normalized spacial score (nSPS) is 11.2. The Kier molecular flexibility index (Phi) is 5.41. The molecule has 0 bridgehead atoms. The molecule has 32 heavy (non-hydrogen) atoms. The van der Waals surface area contributed by atoms with E-state index in [4.69, 9.17) is 4.74 Å². The van der Waals surface area contributed by atoms with Gasteiger partial charge in [-0.05, 0) is 36.4 Å². The molecule has 0 fully saturated rings. The van der Waals surface area contributed by atoms with Crippen molar-refractivity contribution in [2.24, 2.45) is 0 Å². The Morgan fingerprint density at radius 2 is 1.72 bits per heavy atom. The summed E-state index contributed by atoms with van der Waals surface area (Å²) in [6.07, 6.45) is -2.21. The van der Waals surface area contributed by atoms with E-state index in [2.05, 4.69) is 25.0 Å². The predicted molar refractivity (Wildman–Crippen MR) is 107 cm³/mol. The van der Waals surface area contributed by atoms with Crippen molar-refractivity contribution in [3.05, 3.63) is 77.2 Å². The molecule has 0 atom stereocenters. The van der Waals surface area contributed by atoms with Crippen LogP contribution in [0, 0.1) is 10.1 Å². The highest BCUT2D eigenvalue weighted by molar-refractivity contribution is 5.84. The number of ether oxygens (including phenoxy) is 2. The molecule has 2 aromatic carbocycles. The lowest BCUT2D eigenvalue weighted by Gasteiger charge is -2.11. The van der Waals surface area contributed by atoms with Crippen molar-refractivity contribution in [2.45, 2.75) is 6.36 Å². The van der Waals surface area contributed by atoms with Crippen molar-refractivity contribution in [1.29, 1.82) is 0 Å². The van der Waals surface area contributed by atoms with Gasteiger partial charge in [-0.2, -0.15) is 4.98 Å². The highest BCUT2D eigenvalue weighted by atomic mass is 19.4. The van der Waals surface area contributed by atoms with Gasteiger partial charge in [0.1, 0.15) is 17.6 Å². The molecule has 0 radical (unpaired) electrons. The van der Waals surface area contributed by atoms with Crippen molar-refractivity contribution in [1.82, 2.24) is 15.0 Å². The third kappa shape index (κ3) is 4.64. The predicted octanol–water partition coefficient (Wildman–Crippen LogP) is 5.37. The van der Waals surface area contributed by atoms with E-state index in [1.807, 2.05) is 12.1 Å². The molecule has 162 valence electrons. The summed E-state index contributed by atoms with van der Waals surface area (Å²) in [6.45, 7) is 0. The lowest BCUT2D eigenvalue weighted by Crippen LogP contribution is -2.17. The van der Waals surface area contributed by atoms with Crippen molar-refractivity contribution < 1.29 is 27.6 Å². The molecule has 2 aromatic heterocycles. The number of alkyl halides is 3. The van der Waals surface area contributed by atoms with E-state index in [0.717, 1.165) is 23.8 Å². The van der Waals surface area contributed by atoms with Crippen molar-refractivity contribution in [3.63, 3.8) is 0 Å². The number of nitro groups is 1. The lowest BCUT2D eigenvalue weighted by molar-refractivity contribution is -0.385. The second-order valence-electron chi connectivity index (χ2n) is 6.26. The summed E-state index contributed by atoms with van der Waals surface area (Å²) in [5.74, 6) is -0.724. The zero-order valence-corrected chi connectivity index (χ0v) is 15.9. The molecule has 0 amide bonds. The lowest BCUT2D eigenvalue weighted by atomic mass is 10.2. The molecule has 4 rings (SSSR count). The molecular formula is C20H12F3N5O4. The Balaban J connectivity index is 1.65. The van der Waals surface area contributed by atoms with Crippen LogP contribution in [0.25, 0.3) is 10.9 Å². The summed E-state index contributed by atoms with van der Waals surface area (Å²) in [6, 6.07) is 13.3. The zero-order valence-electron chi connectivity index (χ0n) is 15.9. The molecule has 0 aliphatic rings. The first-order valence-corrected chi connectivity index (χ1v) is 8.94. The van der Waals surface area contributed by atoms with Gasteiger partial charge in [0.2, 0.25) is 5.82 Å². The summed E-state index contributed by atoms with van der Waals surface area (Å²) in [5, 5.41) is 15.2. The van der Waals surface area contributed by atoms with Crippen molar-refractivity contribution in [3.8, 4) is 17.4 Å². The van der Waals surface area contributed by atoms with Gasteiger partial charge >= 0.3 is 17.9 Å². The number of nitrogens with zero attached hydrogens (tertiary/aromatic N) is 4. The first-order chi connectivity index (χ1) is 15.3. The first kappa shape index (κ1) is 20.8. The fourth-order valence-corrected chi connectivity index (χ4v) is 2.83. The molecular weight excluding hydrogens is 431 g/mol. The van der Waals surface area contributed by atoms with Crippen LogP contribution in [0.3, 0.4) is 0 Å². The average Bonchev–Trinajstić information content (AvgIpc) is 2.74.